The predicted octanol–water partition coefficient (Wildman–Crippen LogP) is 0.607. The first-order chi connectivity index (χ1) is 7.58. The molecule has 0 aromatic carbocycles. The van der Waals surface area contributed by atoms with Crippen molar-refractivity contribution in [2.45, 2.75) is 38.8 Å². The van der Waals surface area contributed by atoms with Crippen molar-refractivity contribution in [1.82, 2.24) is 4.90 Å². The average molecular weight is 226 g/mol. The normalized spacial score (nSPS) is 30.1. The number of carbonyl (C=O) groups excluding carboxylic acids is 1. The highest BCUT2D eigenvalue weighted by atomic mass is 16.5. The molecule has 92 valence electrons. The maximum Gasteiger partial charge on any atom is 0.248 e. The summed E-state index contributed by atoms with van der Waals surface area (Å²) >= 11 is 0. The highest BCUT2D eigenvalue weighted by molar-refractivity contribution is 5.77. The van der Waals surface area contributed by atoms with Crippen LogP contribution in [0, 0.1) is 11.8 Å². The molecule has 2 fully saturated rings. The lowest BCUT2D eigenvalue weighted by molar-refractivity contribution is -0.136. The van der Waals surface area contributed by atoms with Gasteiger partial charge < -0.3 is 15.4 Å². The van der Waals surface area contributed by atoms with E-state index in [0.717, 1.165) is 12.5 Å². The van der Waals surface area contributed by atoms with Crippen LogP contribution >= 0.6 is 0 Å². The minimum absolute atomic E-state index is 0.0901. The third-order valence-corrected chi connectivity index (χ3v) is 3.53. The van der Waals surface area contributed by atoms with E-state index in [4.69, 9.17) is 10.5 Å². The zero-order chi connectivity index (χ0) is 11.7. The number of carbonyl (C=O) groups is 1. The second-order valence-electron chi connectivity index (χ2n) is 5.32. The average Bonchev–Trinajstić information content (AvgIpc) is 2.99. The van der Waals surface area contributed by atoms with Crippen molar-refractivity contribution in [2.24, 2.45) is 17.6 Å². The van der Waals surface area contributed by atoms with Gasteiger partial charge in [-0.3, -0.25) is 4.79 Å². The molecule has 4 nitrogen and oxygen atoms in total. The molecule has 1 saturated carbocycles. The molecule has 0 aromatic heterocycles. The first-order valence-electron chi connectivity index (χ1n) is 6.23. The third kappa shape index (κ3) is 2.74. The zero-order valence-electron chi connectivity index (χ0n) is 10.2. The number of hydrogen-bond donors (Lipinski definition) is 1. The van der Waals surface area contributed by atoms with Gasteiger partial charge in [-0.1, -0.05) is 0 Å². The van der Waals surface area contributed by atoms with E-state index in [-0.39, 0.29) is 24.7 Å². The largest absolute Gasteiger partial charge is 0.369 e. The summed E-state index contributed by atoms with van der Waals surface area (Å²) in [5.41, 5.74) is 6.07. The molecule has 1 amide bonds. The van der Waals surface area contributed by atoms with Crippen LogP contribution in [0.2, 0.25) is 0 Å². The number of nitrogens with two attached hydrogens (primary N) is 1. The van der Waals surface area contributed by atoms with Gasteiger partial charge in [0.15, 0.2) is 0 Å². The van der Waals surface area contributed by atoms with Gasteiger partial charge >= 0.3 is 0 Å². The Balaban J connectivity index is 1.80. The Morgan fingerprint density at radius 2 is 2.12 bits per heavy atom. The predicted molar refractivity (Wildman–Crippen MR) is 61.9 cm³/mol. The Morgan fingerprint density at radius 1 is 1.44 bits per heavy atom. The molecule has 2 rings (SSSR count). The van der Waals surface area contributed by atoms with Crippen LogP contribution in [0.15, 0.2) is 0 Å². The summed E-state index contributed by atoms with van der Waals surface area (Å²) in [4.78, 5) is 13.7. The molecule has 0 bridgehead atoms. The van der Waals surface area contributed by atoms with Crippen molar-refractivity contribution in [3.8, 4) is 0 Å². The van der Waals surface area contributed by atoms with Crippen LogP contribution in [0.3, 0.4) is 0 Å². The number of likely N-dealkylation sites (tertiary alicyclic amines) is 1. The monoisotopic (exact) mass is 226 g/mol. The second-order valence-corrected chi connectivity index (χ2v) is 5.32. The van der Waals surface area contributed by atoms with E-state index in [2.05, 4.69) is 0 Å². The van der Waals surface area contributed by atoms with Crippen LogP contribution in [-0.2, 0) is 9.53 Å². The van der Waals surface area contributed by atoms with Gasteiger partial charge in [0, 0.05) is 19.1 Å². The van der Waals surface area contributed by atoms with Gasteiger partial charge in [-0.15, -0.1) is 0 Å². The van der Waals surface area contributed by atoms with Crippen molar-refractivity contribution in [2.75, 3.05) is 19.7 Å². The van der Waals surface area contributed by atoms with Gasteiger partial charge in [0.1, 0.15) is 6.61 Å². The molecular weight excluding hydrogens is 204 g/mol. The van der Waals surface area contributed by atoms with E-state index >= 15 is 0 Å². The smallest absolute Gasteiger partial charge is 0.248 e. The molecule has 2 aliphatic rings. The number of nitrogens with zero attached hydrogens (tertiary/aromatic N) is 1. The van der Waals surface area contributed by atoms with Crippen molar-refractivity contribution in [1.29, 1.82) is 0 Å². The molecule has 0 radical (unpaired) electrons. The first-order valence-corrected chi connectivity index (χ1v) is 6.23. The number of rotatable bonds is 4. The van der Waals surface area contributed by atoms with E-state index in [1.807, 2.05) is 18.7 Å². The minimum atomic E-state index is 0.0901. The van der Waals surface area contributed by atoms with E-state index in [1.165, 1.54) is 12.8 Å². The highest BCUT2D eigenvalue weighted by Crippen LogP contribution is 2.40. The Hall–Kier alpha value is -0.610. The second kappa shape index (κ2) is 4.72. The summed E-state index contributed by atoms with van der Waals surface area (Å²) in [5.74, 6) is 1.40. The fourth-order valence-corrected chi connectivity index (χ4v) is 2.41. The Morgan fingerprint density at radius 3 is 2.69 bits per heavy atom. The summed E-state index contributed by atoms with van der Waals surface area (Å²) in [7, 11) is 0. The number of amides is 1. The molecule has 4 heteroatoms. The van der Waals surface area contributed by atoms with Gasteiger partial charge in [0.05, 0.1) is 6.10 Å². The van der Waals surface area contributed by atoms with Gasteiger partial charge in [0.2, 0.25) is 5.91 Å². The summed E-state index contributed by atoms with van der Waals surface area (Å²) in [6.07, 6.45) is 2.70. The zero-order valence-corrected chi connectivity index (χ0v) is 10.2. The lowest BCUT2D eigenvalue weighted by Crippen LogP contribution is -2.35. The van der Waals surface area contributed by atoms with Crippen molar-refractivity contribution >= 4 is 5.91 Å². The van der Waals surface area contributed by atoms with E-state index in [9.17, 15) is 4.79 Å². The van der Waals surface area contributed by atoms with E-state index in [0.29, 0.717) is 12.5 Å². The Labute approximate surface area is 97.1 Å². The van der Waals surface area contributed by atoms with Crippen LogP contribution in [-0.4, -0.2) is 42.6 Å². The van der Waals surface area contributed by atoms with Gasteiger partial charge in [0.25, 0.3) is 0 Å². The summed E-state index contributed by atoms with van der Waals surface area (Å²) < 4.78 is 5.33. The Kier molecular flexibility index (Phi) is 3.50. The molecule has 1 heterocycles. The minimum Gasteiger partial charge on any atom is -0.369 e. The molecule has 0 spiro atoms. The van der Waals surface area contributed by atoms with Gasteiger partial charge in [-0.25, -0.2) is 0 Å². The van der Waals surface area contributed by atoms with E-state index < -0.39 is 0 Å². The molecule has 16 heavy (non-hydrogen) atoms. The third-order valence-electron chi connectivity index (χ3n) is 3.53. The number of ether oxygens (including phenoxy) is 1. The van der Waals surface area contributed by atoms with Crippen molar-refractivity contribution < 1.29 is 9.53 Å². The van der Waals surface area contributed by atoms with Crippen LogP contribution in [0.5, 0.6) is 0 Å². The fraction of sp³-hybridized carbons (Fsp3) is 0.917. The lowest BCUT2D eigenvalue weighted by Gasteiger charge is -2.17. The van der Waals surface area contributed by atoms with E-state index in [1.54, 1.807) is 0 Å². The SMILES string of the molecule is CC(C)OCC(=O)N1CC(N)C(C2CC2)C1. The summed E-state index contributed by atoms with van der Waals surface area (Å²) in [5, 5.41) is 0. The topological polar surface area (TPSA) is 55.6 Å². The maximum atomic E-state index is 11.8. The lowest BCUT2D eigenvalue weighted by atomic mass is 9.99. The van der Waals surface area contributed by atoms with Crippen LogP contribution in [0.25, 0.3) is 0 Å². The van der Waals surface area contributed by atoms with Gasteiger partial charge in [-0.05, 0) is 38.5 Å². The van der Waals surface area contributed by atoms with Crippen molar-refractivity contribution in [3.63, 3.8) is 0 Å². The van der Waals surface area contributed by atoms with Crippen LogP contribution in [0.1, 0.15) is 26.7 Å². The molecule has 2 unspecified atom stereocenters. The molecule has 1 aliphatic carbocycles. The fourth-order valence-electron chi connectivity index (χ4n) is 2.41. The summed E-state index contributed by atoms with van der Waals surface area (Å²) in [6.45, 7) is 5.63. The number of hydrogen-bond acceptors (Lipinski definition) is 3. The van der Waals surface area contributed by atoms with Crippen LogP contribution < -0.4 is 5.73 Å². The molecule has 0 aromatic rings. The molecule has 1 aliphatic heterocycles. The quantitative estimate of drug-likeness (QED) is 0.764. The molecule has 2 N–H and O–H groups in total. The standard InChI is InChI=1S/C12H22N2O2/c1-8(2)16-7-12(15)14-5-10(9-3-4-9)11(13)6-14/h8-11H,3-7,13H2,1-2H3. The maximum absolute atomic E-state index is 11.8. The molecular formula is C12H22N2O2. The van der Waals surface area contributed by atoms with Gasteiger partial charge in [-0.2, -0.15) is 0 Å². The first kappa shape index (κ1) is 11.9. The highest BCUT2D eigenvalue weighted by Gasteiger charge is 2.41. The summed E-state index contributed by atoms with van der Waals surface area (Å²) in [6, 6.07) is 0.176. The molecule has 1 saturated heterocycles. The van der Waals surface area contributed by atoms with Crippen molar-refractivity contribution in [3.05, 3.63) is 0 Å². The Bertz CT molecular complexity index is 264. The van der Waals surface area contributed by atoms with Crippen LogP contribution in [0.4, 0.5) is 0 Å². The molecule has 2 atom stereocenters.